The van der Waals surface area contributed by atoms with Crippen LogP contribution in [0.25, 0.3) is 11.0 Å². The number of rotatable bonds is 3. The van der Waals surface area contributed by atoms with Crippen molar-refractivity contribution in [3.8, 4) is 5.75 Å². The molecule has 1 atom stereocenters. The van der Waals surface area contributed by atoms with Gasteiger partial charge in [0.05, 0.1) is 0 Å². The highest BCUT2D eigenvalue weighted by Crippen LogP contribution is 2.32. The number of hydrogen-bond donors (Lipinski definition) is 1. The Hall–Kier alpha value is -3.15. The molecule has 0 saturated carbocycles. The summed E-state index contributed by atoms with van der Waals surface area (Å²) >= 11 is 0. The van der Waals surface area contributed by atoms with Crippen molar-refractivity contribution in [3.63, 3.8) is 0 Å². The summed E-state index contributed by atoms with van der Waals surface area (Å²) in [6, 6.07) is 12.6. The predicted octanol–water partition coefficient (Wildman–Crippen LogP) is 3.51. The molecule has 2 aromatic carbocycles. The van der Waals surface area contributed by atoms with Crippen molar-refractivity contribution in [2.24, 2.45) is 0 Å². The lowest BCUT2D eigenvalue weighted by Gasteiger charge is -2.15. The zero-order chi connectivity index (χ0) is 15.8. The van der Waals surface area contributed by atoms with Gasteiger partial charge in [0, 0.05) is 11.5 Å². The second-order valence-electron chi connectivity index (χ2n) is 5.20. The molecule has 0 radical (unpaired) electrons. The molecule has 4 aromatic rings. The molecular formula is C17H12FN3O2. The van der Waals surface area contributed by atoms with Crippen LogP contribution in [0, 0.1) is 5.82 Å². The summed E-state index contributed by atoms with van der Waals surface area (Å²) in [5, 5.41) is 14.6. The molecule has 0 fully saturated rings. The molecule has 4 rings (SSSR count). The Morgan fingerprint density at radius 1 is 1.09 bits per heavy atom. The van der Waals surface area contributed by atoms with Crippen LogP contribution in [-0.2, 0) is 0 Å². The Morgan fingerprint density at radius 2 is 1.91 bits per heavy atom. The van der Waals surface area contributed by atoms with Crippen molar-refractivity contribution in [1.29, 1.82) is 0 Å². The highest BCUT2D eigenvalue weighted by molar-refractivity contribution is 5.79. The number of benzene rings is 2. The number of hydrogen-bond acceptors (Lipinski definition) is 4. The van der Waals surface area contributed by atoms with E-state index in [0.29, 0.717) is 11.3 Å². The summed E-state index contributed by atoms with van der Waals surface area (Å²) in [5.41, 5.74) is 1.40. The van der Waals surface area contributed by atoms with Crippen LogP contribution >= 0.6 is 0 Å². The van der Waals surface area contributed by atoms with Gasteiger partial charge in [0.15, 0.2) is 0 Å². The van der Waals surface area contributed by atoms with Crippen LogP contribution in [0.3, 0.4) is 0 Å². The van der Waals surface area contributed by atoms with Gasteiger partial charge < -0.3 is 9.52 Å². The summed E-state index contributed by atoms with van der Waals surface area (Å²) in [5.74, 6) is 0.459. The number of phenols is 1. The van der Waals surface area contributed by atoms with Gasteiger partial charge in [-0.1, -0.05) is 12.1 Å². The zero-order valence-electron chi connectivity index (χ0n) is 11.9. The molecule has 114 valence electrons. The van der Waals surface area contributed by atoms with Crippen molar-refractivity contribution >= 4 is 11.0 Å². The number of phenolic OH excluding ortho intramolecular Hbond substituents is 1. The predicted molar refractivity (Wildman–Crippen MR) is 81.5 cm³/mol. The van der Waals surface area contributed by atoms with Crippen molar-refractivity contribution in [2.45, 2.75) is 6.04 Å². The van der Waals surface area contributed by atoms with Gasteiger partial charge in [0.1, 0.15) is 41.6 Å². The minimum atomic E-state index is -0.368. The molecule has 0 aliphatic rings. The molecule has 5 nitrogen and oxygen atoms in total. The van der Waals surface area contributed by atoms with Crippen molar-refractivity contribution < 1.29 is 13.9 Å². The van der Waals surface area contributed by atoms with Crippen LogP contribution in [0.1, 0.15) is 17.4 Å². The standard InChI is InChI=1S/C17H12FN3O2/c18-13-4-1-11(2-5-13)17(21-10-19-9-20-21)16-7-12-3-6-14(22)8-15(12)23-16/h1-10,17,22H. The van der Waals surface area contributed by atoms with Gasteiger partial charge in [-0.15, -0.1) is 0 Å². The number of aromatic nitrogens is 3. The maximum absolute atomic E-state index is 13.2. The van der Waals surface area contributed by atoms with Crippen LogP contribution < -0.4 is 0 Å². The minimum absolute atomic E-state index is 0.137. The Labute approximate surface area is 130 Å². The van der Waals surface area contributed by atoms with E-state index in [2.05, 4.69) is 10.1 Å². The van der Waals surface area contributed by atoms with Crippen molar-refractivity contribution in [1.82, 2.24) is 14.8 Å². The van der Waals surface area contributed by atoms with Crippen LogP contribution in [0.15, 0.2) is 65.6 Å². The van der Waals surface area contributed by atoms with Crippen LogP contribution in [0.4, 0.5) is 4.39 Å². The van der Waals surface area contributed by atoms with E-state index in [1.165, 1.54) is 18.5 Å². The minimum Gasteiger partial charge on any atom is -0.508 e. The lowest BCUT2D eigenvalue weighted by Crippen LogP contribution is -2.12. The topological polar surface area (TPSA) is 64.1 Å². The highest BCUT2D eigenvalue weighted by atomic mass is 19.1. The Balaban J connectivity index is 1.88. The van der Waals surface area contributed by atoms with Gasteiger partial charge in [-0.3, -0.25) is 0 Å². The average molecular weight is 309 g/mol. The van der Waals surface area contributed by atoms with Crippen molar-refractivity contribution in [3.05, 3.63) is 78.3 Å². The summed E-state index contributed by atoms with van der Waals surface area (Å²) < 4.78 is 20.7. The highest BCUT2D eigenvalue weighted by Gasteiger charge is 2.21. The van der Waals surface area contributed by atoms with Crippen LogP contribution in [0.5, 0.6) is 5.75 Å². The molecule has 0 saturated heterocycles. The van der Waals surface area contributed by atoms with E-state index >= 15 is 0 Å². The van der Waals surface area contributed by atoms with Gasteiger partial charge in [-0.25, -0.2) is 14.1 Å². The molecule has 1 N–H and O–H groups in total. The molecule has 0 amide bonds. The Morgan fingerprint density at radius 3 is 2.65 bits per heavy atom. The van der Waals surface area contributed by atoms with Gasteiger partial charge in [0.25, 0.3) is 0 Å². The first-order valence-electron chi connectivity index (χ1n) is 7.03. The van der Waals surface area contributed by atoms with Gasteiger partial charge in [-0.2, -0.15) is 5.10 Å². The third-order valence-corrected chi connectivity index (χ3v) is 3.68. The zero-order valence-corrected chi connectivity index (χ0v) is 11.9. The Bertz CT molecular complexity index is 946. The summed E-state index contributed by atoms with van der Waals surface area (Å²) in [4.78, 5) is 3.98. The molecular weight excluding hydrogens is 297 g/mol. The second-order valence-corrected chi connectivity index (χ2v) is 5.20. The maximum atomic E-state index is 13.2. The number of aromatic hydroxyl groups is 1. The third-order valence-electron chi connectivity index (χ3n) is 3.68. The molecule has 6 heteroatoms. The first-order chi connectivity index (χ1) is 11.2. The summed E-state index contributed by atoms with van der Waals surface area (Å²) in [7, 11) is 0. The lowest BCUT2D eigenvalue weighted by atomic mass is 10.0. The van der Waals surface area contributed by atoms with Crippen LogP contribution in [-0.4, -0.2) is 19.9 Å². The first kappa shape index (κ1) is 13.5. The molecule has 0 spiro atoms. The monoisotopic (exact) mass is 309 g/mol. The van der Waals surface area contributed by atoms with E-state index < -0.39 is 0 Å². The first-order valence-corrected chi connectivity index (χ1v) is 7.03. The van der Waals surface area contributed by atoms with E-state index in [0.717, 1.165) is 10.9 Å². The normalized spacial score (nSPS) is 12.6. The van der Waals surface area contributed by atoms with E-state index in [4.69, 9.17) is 4.42 Å². The molecule has 2 heterocycles. The molecule has 1 unspecified atom stereocenters. The summed E-state index contributed by atoms with van der Waals surface area (Å²) in [6.07, 6.45) is 3.02. The smallest absolute Gasteiger partial charge is 0.138 e. The largest absolute Gasteiger partial charge is 0.508 e. The number of fused-ring (bicyclic) bond motifs is 1. The molecule has 0 aliphatic heterocycles. The van der Waals surface area contributed by atoms with E-state index in [9.17, 15) is 9.50 Å². The fourth-order valence-electron chi connectivity index (χ4n) is 2.62. The summed E-state index contributed by atoms with van der Waals surface area (Å²) in [6.45, 7) is 0. The second kappa shape index (κ2) is 5.24. The maximum Gasteiger partial charge on any atom is 0.138 e. The fourth-order valence-corrected chi connectivity index (χ4v) is 2.62. The average Bonchev–Trinajstić information content (AvgIpc) is 3.19. The Kier molecular flexibility index (Phi) is 3.08. The van der Waals surface area contributed by atoms with E-state index in [1.807, 2.05) is 6.07 Å². The van der Waals surface area contributed by atoms with E-state index in [1.54, 1.807) is 41.3 Å². The number of halogens is 1. The van der Waals surface area contributed by atoms with Gasteiger partial charge >= 0.3 is 0 Å². The van der Waals surface area contributed by atoms with Crippen molar-refractivity contribution in [2.75, 3.05) is 0 Å². The molecule has 0 aliphatic carbocycles. The number of furan rings is 1. The molecule has 23 heavy (non-hydrogen) atoms. The third kappa shape index (κ3) is 2.44. The van der Waals surface area contributed by atoms with E-state index in [-0.39, 0.29) is 17.6 Å². The SMILES string of the molecule is Oc1ccc2cc(C(c3ccc(F)cc3)n3cncn3)oc2c1. The molecule has 0 bridgehead atoms. The van der Waals surface area contributed by atoms with Gasteiger partial charge in [0.2, 0.25) is 0 Å². The van der Waals surface area contributed by atoms with Crippen LogP contribution in [0.2, 0.25) is 0 Å². The lowest BCUT2D eigenvalue weighted by molar-refractivity contribution is 0.456. The molecule has 2 aromatic heterocycles. The number of nitrogens with zero attached hydrogens (tertiary/aromatic N) is 3. The quantitative estimate of drug-likeness (QED) is 0.629. The van der Waals surface area contributed by atoms with Gasteiger partial charge in [-0.05, 0) is 35.9 Å². The fraction of sp³-hybridized carbons (Fsp3) is 0.0588.